The number of amides is 2. The van der Waals surface area contributed by atoms with Gasteiger partial charge in [-0.15, -0.1) is 0 Å². The number of fused-ring (bicyclic) bond motifs is 1. The van der Waals surface area contributed by atoms with Crippen LogP contribution in [0, 0.1) is 0 Å². The van der Waals surface area contributed by atoms with Crippen LogP contribution in [0.1, 0.15) is 44.1 Å². The Balaban J connectivity index is 1.33. The minimum absolute atomic E-state index is 0.0973. The zero-order valence-electron chi connectivity index (χ0n) is 16.2. The zero-order chi connectivity index (χ0) is 20.2. The Morgan fingerprint density at radius 1 is 1.14 bits per heavy atom. The minimum Gasteiger partial charge on any atom is -0.454 e. The van der Waals surface area contributed by atoms with E-state index in [1.807, 2.05) is 29.2 Å². The van der Waals surface area contributed by atoms with Gasteiger partial charge in [-0.3, -0.25) is 14.5 Å². The molecule has 8 heteroatoms. The van der Waals surface area contributed by atoms with E-state index in [4.69, 9.17) is 21.7 Å². The van der Waals surface area contributed by atoms with E-state index in [2.05, 4.69) is 0 Å². The Kier molecular flexibility index (Phi) is 6.40. The summed E-state index contributed by atoms with van der Waals surface area (Å²) < 4.78 is 11.3. The Morgan fingerprint density at radius 2 is 1.90 bits per heavy atom. The smallest absolute Gasteiger partial charge is 0.266 e. The Bertz CT molecular complexity index is 847. The molecule has 1 aromatic carbocycles. The van der Waals surface area contributed by atoms with Gasteiger partial charge < -0.3 is 14.4 Å². The summed E-state index contributed by atoms with van der Waals surface area (Å²) in [6, 6.07) is 5.58. The van der Waals surface area contributed by atoms with E-state index in [1.54, 1.807) is 4.90 Å². The number of likely N-dealkylation sites (tertiary alicyclic amines) is 1. The third-order valence-electron chi connectivity index (χ3n) is 5.30. The van der Waals surface area contributed by atoms with Crippen molar-refractivity contribution in [1.82, 2.24) is 9.80 Å². The highest BCUT2D eigenvalue weighted by Gasteiger charge is 2.32. The summed E-state index contributed by atoms with van der Waals surface area (Å²) in [7, 11) is 0. The molecule has 0 N–H and O–H groups in total. The van der Waals surface area contributed by atoms with Crippen molar-refractivity contribution in [1.29, 1.82) is 0 Å². The van der Waals surface area contributed by atoms with Crippen molar-refractivity contribution in [3.8, 4) is 11.5 Å². The molecule has 3 aliphatic heterocycles. The third-order valence-corrected chi connectivity index (χ3v) is 6.68. The topological polar surface area (TPSA) is 59.1 Å². The molecule has 0 bridgehead atoms. The van der Waals surface area contributed by atoms with Crippen molar-refractivity contribution in [3.05, 3.63) is 28.7 Å². The number of hydrogen-bond acceptors (Lipinski definition) is 6. The maximum atomic E-state index is 12.8. The van der Waals surface area contributed by atoms with Crippen LogP contribution in [0.25, 0.3) is 6.08 Å². The minimum atomic E-state index is -0.0973. The number of thiocarbonyl (C=S) groups is 1. The summed E-state index contributed by atoms with van der Waals surface area (Å²) in [5, 5.41) is 0. The highest BCUT2D eigenvalue weighted by Crippen LogP contribution is 2.36. The zero-order valence-corrected chi connectivity index (χ0v) is 17.9. The fourth-order valence-corrected chi connectivity index (χ4v) is 5.02. The van der Waals surface area contributed by atoms with Crippen LogP contribution < -0.4 is 9.47 Å². The number of benzene rings is 1. The summed E-state index contributed by atoms with van der Waals surface area (Å²) >= 11 is 6.70. The first-order valence-corrected chi connectivity index (χ1v) is 11.3. The Hall–Kier alpha value is -2.06. The summed E-state index contributed by atoms with van der Waals surface area (Å²) in [5.74, 6) is 1.48. The van der Waals surface area contributed by atoms with Gasteiger partial charge in [-0.2, -0.15) is 0 Å². The highest BCUT2D eigenvalue weighted by molar-refractivity contribution is 8.26. The number of nitrogens with zero attached hydrogens (tertiary/aromatic N) is 2. The second-order valence-corrected chi connectivity index (χ2v) is 9.02. The largest absolute Gasteiger partial charge is 0.454 e. The maximum absolute atomic E-state index is 12.8. The van der Waals surface area contributed by atoms with Gasteiger partial charge in [-0.1, -0.05) is 42.9 Å². The molecule has 0 radical (unpaired) electrons. The summed E-state index contributed by atoms with van der Waals surface area (Å²) in [6.07, 6.45) is 7.49. The Labute approximate surface area is 180 Å². The predicted octanol–water partition coefficient (Wildman–Crippen LogP) is 3.80. The number of ether oxygens (including phenoxy) is 2. The molecule has 0 aliphatic carbocycles. The standard InChI is InChI=1S/C21H24N2O4S2/c24-19(22-9-3-1-2-4-10-22)6-5-11-23-20(25)18(29-21(23)28)13-15-7-8-16-17(12-15)27-14-26-16/h7-8,12-13H,1-6,9-11,14H2/b18-13-. The summed E-state index contributed by atoms with van der Waals surface area (Å²) in [5.41, 5.74) is 0.867. The molecule has 29 heavy (non-hydrogen) atoms. The van der Waals surface area contributed by atoms with Crippen LogP contribution in [0.3, 0.4) is 0 Å². The lowest BCUT2D eigenvalue weighted by Gasteiger charge is -2.21. The van der Waals surface area contributed by atoms with E-state index >= 15 is 0 Å². The second kappa shape index (κ2) is 9.17. The van der Waals surface area contributed by atoms with Crippen LogP contribution in [-0.2, 0) is 9.59 Å². The molecular weight excluding hydrogens is 408 g/mol. The average Bonchev–Trinajstić information content (AvgIpc) is 3.14. The van der Waals surface area contributed by atoms with Gasteiger partial charge in [-0.25, -0.2) is 0 Å². The van der Waals surface area contributed by atoms with Gasteiger partial charge in [0.15, 0.2) is 11.5 Å². The number of hydrogen-bond donors (Lipinski definition) is 0. The van der Waals surface area contributed by atoms with Crippen molar-refractivity contribution < 1.29 is 19.1 Å². The van der Waals surface area contributed by atoms with Crippen molar-refractivity contribution in [2.45, 2.75) is 38.5 Å². The van der Waals surface area contributed by atoms with E-state index in [9.17, 15) is 9.59 Å². The van der Waals surface area contributed by atoms with E-state index in [1.165, 1.54) is 24.6 Å². The van der Waals surface area contributed by atoms with Crippen LogP contribution in [0.2, 0.25) is 0 Å². The summed E-state index contributed by atoms with van der Waals surface area (Å²) in [6.45, 7) is 2.41. The predicted molar refractivity (Wildman–Crippen MR) is 117 cm³/mol. The molecule has 0 spiro atoms. The van der Waals surface area contributed by atoms with Gasteiger partial charge in [0.25, 0.3) is 5.91 Å². The summed E-state index contributed by atoms with van der Waals surface area (Å²) in [4.78, 5) is 29.4. The van der Waals surface area contributed by atoms with Crippen LogP contribution in [0.15, 0.2) is 23.1 Å². The van der Waals surface area contributed by atoms with E-state index < -0.39 is 0 Å². The number of carbonyl (C=O) groups is 2. The lowest BCUT2D eigenvalue weighted by molar-refractivity contribution is -0.131. The number of carbonyl (C=O) groups excluding carboxylic acids is 2. The monoisotopic (exact) mass is 432 g/mol. The third kappa shape index (κ3) is 4.75. The average molecular weight is 433 g/mol. The van der Waals surface area contributed by atoms with Crippen molar-refractivity contribution in [2.75, 3.05) is 26.4 Å². The first-order valence-electron chi connectivity index (χ1n) is 10.0. The van der Waals surface area contributed by atoms with Gasteiger partial charge in [0, 0.05) is 26.1 Å². The molecule has 0 aromatic heterocycles. The first kappa shape index (κ1) is 20.2. The number of thioether (sulfide) groups is 1. The molecule has 3 heterocycles. The van der Waals surface area contributed by atoms with E-state index in [0.29, 0.717) is 40.1 Å². The van der Waals surface area contributed by atoms with Gasteiger partial charge >= 0.3 is 0 Å². The van der Waals surface area contributed by atoms with Gasteiger partial charge in [0.2, 0.25) is 12.7 Å². The molecule has 0 atom stereocenters. The van der Waals surface area contributed by atoms with Gasteiger partial charge in [0.05, 0.1) is 4.91 Å². The van der Waals surface area contributed by atoms with Crippen molar-refractivity contribution >= 4 is 46.2 Å². The lowest BCUT2D eigenvalue weighted by Crippen LogP contribution is -2.33. The normalized spacial score (nSPS) is 20.5. The molecule has 154 valence electrons. The molecule has 1 aromatic rings. The number of rotatable bonds is 5. The quantitative estimate of drug-likeness (QED) is 0.521. The van der Waals surface area contributed by atoms with Crippen LogP contribution in [0.4, 0.5) is 0 Å². The Morgan fingerprint density at radius 3 is 2.69 bits per heavy atom. The molecule has 0 saturated carbocycles. The lowest BCUT2D eigenvalue weighted by atomic mass is 10.2. The molecular formula is C21H24N2O4S2. The van der Waals surface area contributed by atoms with Crippen LogP contribution in [0.5, 0.6) is 11.5 Å². The fourth-order valence-electron chi connectivity index (χ4n) is 3.71. The van der Waals surface area contributed by atoms with E-state index in [-0.39, 0.29) is 18.6 Å². The molecule has 2 amide bonds. The van der Waals surface area contributed by atoms with Gasteiger partial charge in [-0.05, 0) is 43.0 Å². The molecule has 3 aliphatic rings. The fraction of sp³-hybridized carbons (Fsp3) is 0.476. The molecule has 0 unspecified atom stereocenters. The first-order chi connectivity index (χ1) is 14.1. The van der Waals surface area contributed by atoms with Crippen molar-refractivity contribution in [2.24, 2.45) is 0 Å². The van der Waals surface area contributed by atoms with E-state index in [0.717, 1.165) is 31.5 Å². The van der Waals surface area contributed by atoms with Gasteiger partial charge in [0.1, 0.15) is 4.32 Å². The highest BCUT2D eigenvalue weighted by atomic mass is 32.2. The molecule has 2 saturated heterocycles. The molecule has 4 rings (SSSR count). The van der Waals surface area contributed by atoms with Crippen LogP contribution in [-0.4, -0.2) is 52.4 Å². The SMILES string of the molecule is O=C(CCCN1C(=O)/C(=C/c2ccc3c(c2)OCO3)SC1=S)N1CCCCCC1. The molecule has 6 nitrogen and oxygen atoms in total. The molecule has 2 fully saturated rings. The maximum Gasteiger partial charge on any atom is 0.266 e. The van der Waals surface area contributed by atoms with Crippen LogP contribution >= 0.6 is 24.0 Å². The second-order valence-electron chi connectivity index (χ2n) is 7.34. The van der Waals surface area contributed by atoms with Crippen molar-refractivity contribution in [3.63, 3.8) is 0 Å².